The van der Waals surface area contributed by atoms with E-state index in [4.69, 9.17) is 0 Å². The summed E-state index contributed by atoms with van der Waals surface area (Å²) < 4.78 is 0. The summed E-state index contributed by atoms with van der Waals surface area (Å²) in [6.45, 7) is 3.64. The summed E-state index contributed by atoms with van der Waals surface area (Å²) in [7, 11) is 0. The Bertz CT molecular complexity index is 178. The molecule has 0 heterocycles. The Morgan fingerprint density at radius 3 is 2.47 bits per heavy atom. The van der Waals surface area contributed by atoms with Gasteiger partial charge in [0.25, 0.3) is 0 Å². The smallest absolute Gasteiger partial charge is 0.00684 e. The summed E-state index contributed by atoms with van der Waals surface area (Å²) >= 11 is 0. The maximum Gasteiger partial charge on any atom is 0.00684 e. The first-order valence-corrected chi connectivity index (χ1v) is 7.08. The van der Waals surface area contributed by atoms with Crippen LogP contribution >= 0.6 is 0 Å². The lowest BCUT2D eigenvalue weighted by molar-refractivity contribution is 0.162. The molecule has 2 aliphatic rings. The van der Waals surface area contributed by atoms with Crippen molar-refractivity contribution in [2.75, 3.05) is 6.54 Å². The average Bonchev–Trinajstić information content (AvgIpc) is 3.09. The lowest BCUT2D eigenvalue weighted by atomic mass is 9.71. The van der Waals surface area contributed by atoms with Crippen LogP contribution in [0.1, 0.15) is 71.1 Å². The van der Waals surface area contributed by atoms with E-state index >= 15 is 0 Å². The van der Waals surface area contributed by atoms with E-state index in [1.165, 1.54) is 70.8 Å². The van der Waals surface area contributed by atoms with E-state index in [0.29, 0.717) is 5.41 Å². The first-order valence-electron chi connectivity index (χ1n) is 7.08. The van der Waals surface area contributed by atoms with Crippen LogP contribution in [0.4, 0.5) is 0 Å². The largest absolute Gasteiger partial charge is 0.313 e. The van der Waals surface area contributed by atoms with E-state index < -0.39 is 0 Å². The second kappa shape index (κ2) is 5.34. The van der Waals surface area contributed by atoms with Crippen LogP contribution in [-0.2, 0) is 0 Å². The van der Waals surface area contributed by atoms with Crippen molar-refractivity contribution < 1.29 is 0 Å². The molecule has 0 unspecified atom stereocenters. The van der Waals surface area contributed by atoms with E-state index in [1.807, 2.05) is 0 Å². The molecular weight excluding hydrogens is 182 g/mol. The van der Waals surface area contributed by atoms with Crippen molar-refractivity contribution in [3.05, 3.63) is 0 Å². The Kier molecular flexibility index (Phi) is 4.07. The summed E-state index contributed by atoms with van der Waals surface area (Å²) in [5, 5.41) is 3.78. The predicted molar refractivity (Wildman–Crippen MR) is 66.1 cm³/mol. The van der Waals surface area contributed by atoms with Crippen molar-refractivity contribution in [1.29, 1.82) is 0 Å². The van der Waals surface area contributed by atoms with Crippen LogP contribution in [0.2, 0.25) is 0 Å². The van der Waals surface area contributed by atoms with Crippen LogP contribution in [0, 0.1) is 5.41 Å². The van der Waals surface area contributed by atoms with Crippen molar-refractivity contribution >= 4 is 0 Å². The van der Waals surface area contributed by atoms with Gasteiger partial charge in [-0.05, 0) is 37.5 Å². The van der Waals surface area contributed by atoms with E-state index in [0.717, 1.165) is 6.04 Å². The molecule has 0 aliphatic heterocycles. The van der Waals surface area contributed by atoms with Crippen LogP contribution in [0.25, 0.3) is 0 Å². The Morgan fingerprint density at radius 2 is 1.87 bits per heavy atom. The molecule has 0 bridgehead atoms. The van der Waals surface area contributed by atoms with Crippen molar-refractivity contribution in [2.45, 2.75) is 77.2 Å². The highest BCUT2D eigenvalue weighted by molar-refractivity contribution is 4.89. The first-order chi connectivity index (χ1) is 7.35. The van der Waals surface area contributed by atoms with Gasteiger partial charge in [-0.15, -0.1) is 0 Å². The monoisotopic (exact) mass is 209 g/mol. The Labute approximate surface area is 95.0 Å². The molecular formula is C14H27N. The maximum absolute atomic E-state index is 3.78. The zero-order valence-corrected chi connectivity index (χ0v) is 10.4. The summed E-state index contributed by atoms with van der Waals surface area (Å²) in [5.74, 6) is 0. The van der Waals surface area contributed by atoms with Gasteiger partial charge in [-0.2, -0.15) is 0 Å². The Hall–Kier alpha value is -0.0400. The SMILES string of the molecule is CCCCC1(CNC2CC2)CCCCC1. The van der Waals surface area contributed by atoms with Crippen molar-refractivity contribution in [1.82, 2.24) is 5.32 Å². The molecule has 2 aliphatic carbocycles. The minimum Gasteiger partial charge on any atom is -0.313 e. The molecule has 0 aromatic rings. The normalized spacial score (nSPS) is 25.4. The van der Waals surface area contributed by atoms with E-state index in [9.17, 15) is 0 Å². The summed E-state index contributed by atoms with van der Waals surface area (Å²) in [6.07, 6.45) is 14.6. The third kappa shape index (κ3) is 3.48. The zero-order chi connectivity index (χ0) is 10.6. The molecule has 0 aromatic heterocycles. The van der Waals surface area contributed by atoms with Gasteiger partial charge in [-0.25, -0.2) is 0 Å². The molecule has 88 valence electrons. The van der Waals surface area contributed by atoms with Crippen LogP contribution in [-0.4, -0.2) is 12.6 Å². The summed E-state index contributed by atoms with van der Waals surface area (Å²) in [4.78, 5) is 0. The molecule has 0 atom stereocenters. The van der Waals surface area contributed by atoms with E-state index in [2.05, 4.69) is 12.2 Å². The summed E-state index contributed by atoms with van der Waals surface area (Å²) in [6, 6.07) is 0.894. The standard InChI is InChI=1S/C14H27N/c1-2-3-9-14(10-5-4-6-11-14)12-15-13-7-8-13/h13,15H,2-12H2,1H3. The lowest BCUT2D eigenvalue weighted by Gasteiger charge is -2.38. The second-order valence-electron chi connectivity index (χ2n) is 5.82. The first kappa shape index (κ1) is 11.4. The van der Waals surface area contributed by atoms with Gasteiger partial charge in [0.05, 0.1) is 0 Å². The quantitative estimate of drug-likeness (QED) is 0.700. The highest BCUT2D eigenvalue weighted by Gasteiger charge is 2.33. The van der Waals surface area contributed by atoms with Crippen LogP contribution < -0.4 is 5.32 Å². The Morgan fingerprint density at radius 1 is 1.13 bits per heavy atom. The highest BCUT2D eigenvalue weighted by atomic mass is 15.0. The summed E-state index contributed by atoms with van der Waals surface area (Å²) in [5.41, 5.74) is 0.691. The number of hydrogen-bond acceptors (Lipinski definition) is 1. The van der Waals surface area contributed by atoms with Gasteiger partial charge in [0.1, 0.15) is 0 Å². The molecule has 2 rings (SSSR count). The molecule has 0 aromatic carbocycles. The highest BCUT2D eigenvalue weighted by Crippen LogP contribution is 2.40. The molecule has 15 heavy (non-hydrogen) atoms. The lowest BCUT2D eigenvalue weighted by Crippen LogP contribution is -2.37. The molecule has 1 nitrogen and oxygen atoms in total. The van der Waals surface area contributed by atoms with Crippen molar-refractivity contribution in [2.24, 2.45) is 5.41 Å². The van der Waals surface area contributed by atoms with Gasteiger partial charge < -0.3 is 5.32 Å². The fraction of sp³-hybridized carbons (Fsp3) is 1.00. The van der Waals surface area contributed by atoms with Gasteiger partial charge in [0.15, 0.2) is 0 Å². The number of nitrogens with one attached hydrogen (secondary N) is 1. The molecule has 2 fully saturated rings. The van der Waals surface area contributed by atoms with E-state index in [1.54, 1.807) is 0 Å². The van der Waals surface area contributed by atoms with Gasteiger partial charge in [-0.3, -0.25) is 0 Å². The number of rotatable bonds is 6. The fourth-order valence-corrected chi connectivity index (χ4v) is 3.02. The maximum atomic E-state index is 3.78. The van der Waals surface area contributed by atoms with Gasteiger partial charge in [0.2, 0.25) is 0 Å². The van der Waals surface area contributed by atoms with Gasteiger partial charge in [0, 0.05) is 12.6 Å². The molecule has 0 amide bonds. The third-order valence-corrected chi connectivity index (χ3v) is 4.32. The molecule has 2 saturated carbocycles. The molecule has 0 spiro atoms. The topological polar surface area (TPSA) is 12.0 Å². The minimum absolute atomic E-state index is 0.691. The molecule has 0 radical (unpaired) electrons. The third-order valence-electron chi connectivity index (χ3n) is 4.32. The van der Waals surface area contributed by atoms with Gasteiger partial charge in [-0.1, -0.05) is 39.0 Å². The Balaban J connectivity index is 1.80. The van der Waals surface area contributed by atoms with Gasteiger partial charge >= 0.3 is 0 Å². The average molecular weight is 209 g/mol. The fourth-order valence-electron chi connectivity index (χ4n) is 3.02. The zero-order valence-electron chi connectivity index (χ0n) is 10.4. The molecule has 1 heteroatoms. The van der Waals surface area contributed by atoms with E-state index in [-0.39, 0.29) is 0 Å². The minimum atomic E-state index is 0.691. The molecule has 1 N–H and O–H groups in total. The second-order valence-corrected chi connectivity index (χ2v) is 5.82. The van der Waals surface area contributed by atoms with Crippen LogP contribution in [0.5, 0.6) is 0 Å². The number of unbranched alkanes of at least 4 members (excludes halogenated alkanes) is 1. The van der Waals surface area contributed by atoms with Crippen LogP contribution in [0.3, 0.4) is 0 Å². The van der Waals surface area contributed by atoms with Crippen molar-refractivity contribution in [3.8, 4) is 0 Å². The predicted octanol–water partition coefficient (Wildman–Crippen LogP) is 3.88. The van der Waals surface area contributed by atoms with Crippen molar-refractivity contribution in [3.63, 3.8) is 0 Å². The number of hydrogen-bond donors (Lipinski definition) is 1. The van der Waals surface area contributed by atoms with Crippen LogP contribution in [0.15, 0.2) is 0 Å². The molecule has 0 saturated heterocycles.